The Hall–Kier alpha value is -0.307. The summed E-state index contributed by atoms with van der Waals surface area (Å²) >= 11 is -2.21. The van der Waals surface area contributed by atoms with Crippen molar-refractivity contribution in [3.8, 4) is 5.75 Å². The summed E-state index contributed by atoms with van der Waals surface area (Å²) in [5, 5.41) is 8.76. The first-order valence-electron chi connectivity index (χ1n) is 6.01. The molecule has 0 radical (unpaired) electrons. The second kappa shape index (κ2) is 9.60. The van der Waals surface area contributed by atoms with Crippen LogP contribution in [0.1, 0.15) is 0 Å². The third kappa shape index (κ3) is 5.99. The molecule has 108 valence electrons. The molecule has 0 amide bonds. The van der Waals surface area contributed by atoms with Crippen molar-refractivity contribution in [2.75, 3.05) is 38.3 Å². The first-order chi connectivity index (χ1) is 9.58. The van der Waals surface area contributed by atoms with E-state index in [1.165, 1.54) is 0 Å². The number of rotatable bonds is 2. The first kappa shape index (κ1) is 17.7. The van der Waals surface area contributed by atoms with Gasteiger partial charge in [-0.1, -0.05) is 0 Å². The van der Waals surface area contributed by atoms with Crippen molar-refractivity contribution in [2.24, 2.45) is 0 Å². The summed E-state index contributed by atoms with van der Waals surface area (Å²) in [4.78, 5) is 5.37. The molecule has 0 aliphatic carbocycles. The van der Waals surface area contributed by atoms with E-state index in [0.29, 0.717) is 11.4 Å². The van der Waals surface area contributed by atoms with Crippen molar-refractivity contribution in [3.63, 3.8) is 0 Å². The Morgan fingerprint density at radius 1 is 1.30 bits per heavy atom. The molecule has 2 rings (SSSR count). The van der Waals surface area contributed by atoms with Crippen LogP contribution in [0, 0.1) is 5.39 Å². The van der Waals surface area contributed by atoms with Crippen LogP contribution >= 0.6 is 29.1 Å². The summed E-state index contributed by atoms with van der Waals surface area (Å²) in [7, 11) is 16.6. The molecule has 1 fully saturated rings. The molecule has 0 spiro atoms. The molecule has 0 unspecified atom stereocenters. The van der Waals surface area contributed by atoms with Gasteiger partial charge < -0.3 is 14.4 Å². The molecule has 1 aromatic carbocycles. The van der Waals surface area contributed by atoms with Crippen molar-refractivity contribution in [1.29, 1.82) is 5.39 Å². The summed E-state index contributed by atoms with van der Waals surface area (Å²) in [5.74, 6) is 0.575. The molecule has 9 heteroatoms. The Morgan fingerprint density at radius 3 is 2.40 bits per heavy atom. The molecule has 1 aliphatic heterocycles. The van der Waals surface area contributed by atoms with E-state index in [9.17, 15) is 0 Å². The van der Waals surface area contributed by atoms with Crippen LogP contribution < -0.4 is 9.64 Å². The van der Waals surface area contributed by atoms with Crippen LogP contribution in [0.4, 0.5) is 11.4 Å². The summed E-state index contributed by atoms with van der Waals surface area (Å²) < 4.78 is 10.4. The molecule has 0 atom stereocenters. The molecule has 1 heterocycles. The van der Waals surface area contributed by atoms with Gasteiger partial charge in [-0.3, -0.25) is 0 Å². The molecule has 20 heavy (non-hydrogen) atoms. The number of morpholine rings is 1. The molecule has 5 nitrogen and oxygen atoms in total. The Bertz CT molecular complexity index is 462. The fourth-order valence-corrected chi connectivity index (χ4v) is 1.77. The van der Waals surface area contributed by atoms with Gasteiger partial charge >= 0.3 is 47.7 Å². The maximum atomic E-state index is 8.76. The average molecular weight is 392 g/mol. The van der Waals surface area contributed by atoms with Crippen LogP contribution in [0.5, 0.6) is 5.75 Å². The molecule has 0 bridgehead atoms. The first-order valence-corrected chi connectivity index (χ1v) is 17.7. The van der Waals surface area contributed by atoms with Crippen LogP contribution in [0.15, 0.2) is 18.2 Å². The van der Waals surface area contributed by atoms with Crippen LogP contribution in [-0.2, 0) is 17.7 Å². The Kier molecular flexibility index (Phi) is 8.51. The molecule has 1 saturated heterocycles. The number of anilines is 1. The summed E-state index contributed by atoms with van der Waals surface area (Å²) in [6.45, 7) is 3.24. The van der Waals surface area contributed by atoms with Crippen molar-refractivity contribution >= 4 is 40.4 Å². The van der Waals surface area contributed by atoms with Gasteiger partial charge in [-0.25, -0.2) is 0 Å². The molecule has 0 aromatic heterocycles. The van der Waals surface area contributed by atoms with E-state index in [0.717, 1.165) is 32.0 Å². The van der Waals surface area contributed by atoms with Gasteiger partial charge in [0.25, 0.3) is 0 Å². The van der Waals surface area contributed by atoms with Crippen LogP contribution in [-0.4, -0.2) is 33.4 Å². The predicted molar refractivity (Wildman–Crippen MR) is 78.3 cm³/mol. The predicted octanol–water partition coefficient (Wildman–Crippen LogP) is 4.08. The SMILES string of the molecule is COc1cc(N2CCOCC2)ccc1[N+]#N.[Cl][Zn-]([Cl])[Cl]. The monoisotopic (exact) mass is 389 g/mol. The fourth-order valence-electron chi connectivity index (χ4n) is 1.77. The van der Waals surface area contributed by atoms with Crippen molar-refractivity contribution in [3.05, 3.63) is 23.2 Å². The molecule has 1 aromatic rings. The number of benzene rings is 1. The fraction of sp³-hybridized carbons (Fsp3) is 0.455. The zero-order valence-corrected chi connectivity index (χ0v) is 16.3. The van der Waals surface area contributed by atoms with Crippen molar-refractivity contribution in [2.45, 2.75) is 0 Å². The van der Waals surface area contributed by atoms with Gasteiger partial charge in [0.15, 0.2) is 4.98 Å². The van der Waals surface area contributed by atoms with Gasteiger partial charge in [0.2, 0.25) is 11.1 Å². The number of nitrogens with zero attached hydrogens (tertiary/aromatic N) is 3. The average Bonchev–Trinajstić information content (AvgIpc) is 2.47. The van der Waals surface area contributed by atoms with E-state index in [2.05, 4.69) is 9.88 Å². The van der Waals surface area contributed by atoms with E-state index < -0.39 is 13.0 Å². The molecular formula is C11H14Cl3N3O2Zn. The number of hydrogen-bond donors (Lipinski definition) is 0. The standard InChI is InChI=1S/C11H14N3O2.3ClH.Zn/c1-15-11-8-9(2-3-10(11)13-12)14-4-6-16-7-5-14;;;;/h2-3,8H,4-7H2,1H3;3*1H;/q+1;;;;+2/p-3. The molecule has 0 N–H and O–H groups in total. The van der Waals surface area contributed by atoms with Crippen LogP contribution in [0.25, 0.3) is 4.98 Å². The van der Waals surface area contributed by atoms with Crippen LogP contribution in [0.2, 0.25) is 0 Å². The molecule has 0 saturated carbocycles. The van der Waals surface area contributed by atoms with Gasteiger partial charge in [-0.15, -0.1) is 0 Å². The Balaban J connectivity index is 0.000000444. The van der Waals surface area contributed by atoms with Gasteiger partial charge in [0, 0.05) is 30.9 Å². The molecule has 1 aliphatic rings. The quantitative estimate of drug-likeness (QED) is 0.563. The van der Waals surface area contributed by atoms with Crippen molar-refractivity contribution < 1.29 is 22.5 Å². The Morgan fingerprint density at radius 2 is 1.90 bits per heavy atom. The van der Waals surface area contributed by atoms with E-state index >= 15 is 0 Å². The normalized spacial score (nSPS) is 13.8. The van der Waals surface area contributed by atoms with Gasteiger partial charge in [-0.2, -0.15) is 0 Å². The zero-order valence-electron chi connectivity index (χ0n) is 11.1. The van der Waals surface area contributed by atoms with E-state index in [4.69, 9.17) is 43.9 Å². The maximum absolute atomic E-state index is 8.76. The zero-order chi connectivity index (χ0) is 15.0. The number of methoxy groups -OCH3 is 1. The van der Waals surface area contributed by atoms with E-state index in [1.54, 1.807) is 13.2 Å². The minimum absolute atomic E-state index is 0.444. The van der Waals surface area contributed by atoms with Gasteiger partial charge in [-0.05, 0) is 6.07 Å². The second-order valence-electron chi connectivity index (χ2n) is 3.86. The molecular weight excluding hydrogens is 378 g/mol. The van der Waals surface area contributed by atoms with Gasteiger partial charge in [0.1, 0.15) is 0 Å². The minimum atomic E-state index is -2.21. The summed E-state index contributed by atoms with van der Waals surface area (Å²) in [6, 6.07) is 5.53. The number of hydrogen-bond acceptors (Lipinski definition) is 4. The van der Waals surface area contributed by atoms with E-state index in [-0.39, 0.29) is 0 Å². The summed E-state index contributed by atoms with van der Waals surface area (Å²) in [6.07, 6.45) is 0. The number of halogens is 3. The third-order valence-electron chi connectivity index (χ3n) is 2.65. The number of ether oxygens (including phenoxy) is 2. The summed E-state index contributed by atoms with van der Waals surface area (Å²) in [5.41, 5.74) is 1.51. The Labute approximate surface area is 135 Å². The van der Waals surface area contributed by atoms with E-state index in [1.807, 2.05) is 12.1 Å². The van der Waals surface area contributed by atoms with Crippen LogP contribution in [0.3, 0.4) is 0 Å². The topological polar surface area (TPSA) is 49.9 Å². The van der Waals surface area contributed by atoms with Gasteiger partial charge in [0.05, 0.1) is 20.3 Å². The van der Waals surface area contributed by atoms with Crippen molar-refractivity contribution in [1.82, 2.24) is 0 Å². The third-order valence-corrected chi connectivity index (χ3v) is 2.65. The second-order valence-corrected chi connectivity index (χ2v) is 17.7. The number of diazo groups is 1.